The minimum atomic E-state index is -1.41. The molecule has 2 amide bonds. The van der Waals surface area contributed by atoms with Crippen LogP contribution in [0.25, 0.3) is 11.1 Å². The van der Waals surface area contributed by atoms with E-state index in [1.165, 1.54) is 13.0 Å². The van der Waals surface area contributed by atoms with Crippen molar-refractivity contribution < 1.29 is 28.6 Å². The first-order valence-corrected chi connectivity index (χ1v) is 10.3. The van der Waals surface area contributed by atoms with E-state index in [1.54, 1.807) is 0 Å². The Morgan fingerprint density at radius 3 is 2.18 bits per heavy atom. The van der Waals surface area contributed by atoms with E-state index >= 15 is 0 Å². The minimum absolute atomic E-state index is 0.0729. The Balaban J connectivity index is 1.35. The van der Waals surface area contributed by atoms with Gasteiger partial charge in [-0.25, -0.2) is 14.0 Å². The Hall–Kier alpha value is -4.20. The Morgan fingerprint density at radius 2 is 1.61 bits per heavy atom. The van der Waals surface area contributed by atoms with Crippen molar-refractivity contribution >= 4 is 23.7 Å². The number of carbonyl (C=O) groups is 3. The maximum absolute atomic E-state index is 13.8. The van der Waals surface area contributed by atoms with Gasteiger partial charge in [0, 0.05) is 11.6 Å². The number of halogens is 1. The number of fused-ring (bicyclic) bond motifs is 3. The summed E-state index contributed by atoms with van der Waals surface area (Å²) in [4.78, 5) is 35.6. The topological polar surface area (TPSA) is 105 Å². The zero-order valence-corrected chi connectivity index (χ0v) is 17.7. The highest BCUT2D eigenvalue weighted by atomic mass is 19.1. The molecule has 4 rings (SSSR count). The molecule has 0 unspecified atom stereocenters. The first-order chi connectivity index (χ1) is 15.8. The fraction of sp³-hybridized carbons (Fsp3) is 0.160. The summed E-state index contributed by atoms with van der Waals surface area (Å²) < 4.78 is 19.2. The van der Waals surface area contributed by atoms with Gasteiger partial charge in [0.25, 0.3) is 0 Å². The highest BCUT2D eigenvalue weighted by molar-refractivity contribution is 5.97. The van der Waals surface area contributed by atoms with Crippen molar-refractivity contribution in [2.24, 2.45) is 0 Å². The van der Waals surface area contributed by atoms with Crippen LogP contribution in [0.5, 0.6) is 0 Å². The van der Waals surface area contributed by atoms with Gasteiger partial charge in [0.2, 0.25) is 5.91 Å². The summed E-state index contributed by atoms with van der Waals surface area (Å²) in [7, 11) is 0. The van der Waals surface area contributed by atoms with E-state index in [-0.39, 0.29) is 18.2 Å². The predicted molar refractivity (Wildman–Crippen MR) is 120 cm³/mol. The van der Waals surface area contributed by atoms with E-state index in [0.29, 0.717) is 0 Å². The molecular formula is C25H21FN2O5. The molecular weight excluding hydrogens is 427 g/mol. The summed E-state index contributed by atoms with van der Waals surface area (Å²) in [5, 5.41) is 13.8. The number of carbonyl (C=O) groups excluding carboxylic acids is 2. The van der Waals surface area contributed by atoms with Crippen LogP contribution in [0.3, 0.4) is 0 Å². The van der Waals surface area contributed by atoms with Crippen LogP contribution in [-0.2, 0) is 9.53 Å². The maximum atomic E-state index is 13.8. The molecule has 8 heteroatoms. The van der Waals surface area contributed by atoms with Crippen molar-refractivity contribution in [3.8, 4) is 11.1 Å². The Bertz CT molecular complexity index is 1200. The summed E-state index contributed by atoms with van der Waals surface area (Å²) >= 11 is 0. The second kappa shape index (κ2) is 9.12. The molecule has 0 heterocycles. The van der Waals surface area contributed by atoms with Crippen molar-refractivity contribution in [2.45, 2.75) is 18.9 Å². The van der Waals surface area contributed by atoms with E-state index in [4.69, 9.17) is 9.84 Å². The van der Waals surface area contributed by atoms with E-state index in [2.05, 4.69) is 10.6 Å². The summed E-state index contributed by atoms with van der Waals surface area (Å²) in [5.74, 6) is -3.10. The van der Waals surface area contributed by atoms with Crippen molar-refractivity contribution in [3.63, 3.8) is 0 Å². The fourth-order valence-electron chi connectivity index (χ4n) is 3.90. The van der Waals surface area contributed by atoms with E-state index in [0.717, 1.165) is 34.4 Å². The molecule has 3 aromatic rings. The standard InChI is InChI=1S/C25H21FN2O5/c1-14(23(29)28-15-10-11-20(24(30)31)22(26)12-15)27-25(32)33-13-21-18-8-4-2-6-16(18)17-7-3-5-9-19(17)21/h2-12,14,21H,13H2,1H3,(H,27,32)(H,28,29)(H,30,31)/t14-/m0/s1. The maximum Gasteiger partial charge on any atom is 0.407 e. The highest BCUT2D eigenvalue weighted by Crippen LogP contribution is 2.44. The SMILES string of the molecule is C[C@H](NC(=O)OCC1c2ccccc2-c2ccccc21)C(=O)Nc1ccc(C(=O)O)c(F)c1. The van der Waals surface area contributed by atoms with Gasteiger partial charge in [-0.2, -0.15) is 0 Å². The molecule has 1 aliphatic rings. The number of anilines is 1. The normalized spacial score (nSPS) is 12.9. The Morgan fingerprint density at radius 1 is 1.00 bits per heavy atom. The van der Waals surface area contributed by atoms with Gasteiger partial charge >= 0.3 is 12.1 Å². The minimum Gasteiger partial charge on any atom is -0.478 e. The second-order valence-electron chi connectivity index (χ2n) is 7.68. The number of rotatable bonds is 6. The number of aromatic carboxylic acids is 1. The molecule has 3 aromatic carbocycles. The molecule has 0 radical (unpaired) electrons. The quantitative estimate of drug-likeness (QED) is 0.519. The summed E-state index contributed by atoms with van der Waals surface area (Å²) in [5.41, 5.74) is 3.93. The molecule has 0 bridgehead atoms. The zero-order valence-electron chi connectivity index (χ0n) is 17.7. The average Bonchev–Trinajstić information content (AvgIpc) is 3.11. The molecule has 1 aliphatic carbocycles. The lowest BCUT2D eigenvalue weighted by molar-refractivity contribution is -0.117. The number of hydrogen-bond acceptors (Lipinski definition) is 4. The van der Waals surface area contributed by atoms with Crippen LogP contribution in [0.2, 0.25) is 0 Å². The number of amides is 2. The molecule has 0 saturated carbocycles. The van der Waals surface area contributed by atoms with Gasteiger partial charge in [0.05, 0.1) is 5.56 Å². The van der Waals surface area contributed by atoms with Crippen LogP contribution >= 0.6 is 0 Å². The number of ether oxygens (including phenoxy) is 1. The molecule has 0 spiro atoms. The van der Waals surface area contributed by atoms with E-state index < -0.39 is 35.4 Å². The van der Waals surface area contributed by atoms with Gasteiger partial charge in [-0.1, -0.05) is 48.5 Å². The lowest BCUT2D eigenvalue weighted by Crippen LogP contribution is -2.42. The summed E-state index contributed by atoms with van der Waals surface area (Å²) in [6.07, 6.45) is -0.757. The first-order valence-electron chi connectivity index (χ1n) is 10.3. The zero-order chi connectivity index (χ0) is 23.5. The summed E-state index contributed by atoms with van der Waals surface area (Å²) in [6, 6.07) is 18.1. The largest absolute Gasteiger partial charge is 0.478 e. The lowest BCUT2D eigenvalue weighted by Gasteiger charge is -2.17. The molecule has 168 valence electrons. The first kappa shape index (κ1) is 22.0. The van der Waals surface area contributed by atoms with Crippen molar-refractivity contribution in [1.29, 1.82) is 0 Å². The van der Waals surface area contributed by atoms with Crippen molar-refractivity contribution in [3.05, 3.63) is 89.2 Å². The van der Waals surface area contributed by atoms with Gasteiger partial charge in [0.1, 0.15) is 18.5 Å². The predicted octanol–water partition coefficient (Wildman–Crippen LogP) is 4.39. The van der Waals surface area contributed by atoms with Crippen LogP contribution in [-0.4, -0.2) is 35.7 Å². The number of carboxylic acid groups (broad SMARTS) is 1. The Kier molecular flexibility index (Phi) is 6.08. The van der Waals surface area contributed by atoms with E-state index in [1.807, 2.05) is 48.5 Å². The number of benzene rings is 3. The van der Waals surface area contributed by atoms with E-state index in [9.17, 15) is 18.8 Å². The van der Waals surface area contributed by atoms with Gasteiger partial charge in [-0.3, -0.25) is 4.79 Å². The molecule has 33 heavy (non-hydrogen) atoms. The number of alkyl carbamates (subject to hydrolysis) is 1. The number of carboxylic acids is 1. The monoisotopic (exact) mass is 448 g/mol. The second-order valence-corrected chi connectivity index (χ2v) is 7.68. The number of nitrogens with one attached hydrogen (secondary N) is 2. The van der Waals surface area contributed by atoms with Crippen molar-refractivity contribution in [2.75, 3.05) is 11.9 Å². The van der Waals surface area contributed by atoms with Crippen LogP contribution in [0.15, 0.2) is 66.7 Å². The molecule has 0 saturated heterocycles. The van der Waals surface area contributed by atoms with Gasteiger partial charge in [0.15, 0.2) is 0 Å². The smallest absolute Gasteiger partial charge is 0.407 e. The lowest BCUT2D eigenvalue weighted by atomic mass is 9.98. The van der Waals surface area contributed by atoms with Gasteiger partial charge in [-0.05, 0) is 47.4 Å². The molecule has 0 aromatic heterocycles. The third-order valence-electron chi connectivity index (χ3n) is 5.54. The molecule has 7 nitrogen and oxygen atoms in total. The number of hydrogen-bond donors (Lipinski definition) is 3. The van der Waals surface area contributed by atoms with Crippen LogP contribution in [0.1, 0.15) is 34.3 Å². The fourth-order valence-corrected chi connectivity index (χ4v) is 3.90. The van der Waals surface area contributed by atoms with Gasteiger partial charge < -0.3 is 20.5 Å². The molecule has 3 N–H and O–H groups in total. The highest BCUT2D eigenvalue weighted by Gasteiger charge is 2.29. The summed E-state index contributed by atoms with van der Waals surface area (Å²) in [6.45, 7) is 1.56. The van der Waals surface area contributed by atoms with Crippen molar-refractivity contribution in [1.82, 2.24) is 5.32 Å². The third kappa shape index (κ3) is 4.55. The molecule has 0 aliphatic heterocycles. The van der Waals surface area contributed by atoms with Crippen LogP contribution in [0, 0.1) is 5.82 Å². The molecule has 0 fully saturated rings. The third-order valence-corrected chi connectivity index (χ3v) is 5.54. The average molecular weight is 448 g/mol. The van der Waals surface area contributed by atoms with Crippen LogP contribution in [0.4, 0.5) is 14.9 Å². The Labute approximate surface area is 189 Å². The van der Waals surface area contributed by atoms with Gasteiger partial charge in [-0.15, -0.1) is 0 Å². The molecule has 1 atom stereocenters. The van der Waals surface area contributed by atoms with Crippen LogP contribution < -0.4 is 10.6 Å².